The first-order valence-corrected chi connectivity index (χ1v) is 5.66. The van der Waals surface area contributed by atoms with E-state index >= 15 is 0 Å². The highest BCUT2D eigenvalue weighted by Crippen LogP contribution is 2.31. The van der Waals surface area contributed by atoms with Crippen molar-refractivity contribution < 1.29 is 0 Å². The maximum Gasteiger partial charge on any atom is 0.148 e. The predicted molar refractivity (Wildman–Crippen MR) is 55.0 cm³/mol. The maximum atomic E-state index is 4.08. The molecule has 1 aromatic rings. The molecule has 0 spiro atoms. The topological polar surface area (TPSA) is 37.8 Å². The van der Waals surface area contributed by atoms with Gasteiger partial charge in [-0.25, -0.2) is 0 Å². The van der Waals surface area contributed by atoms with Crippen LogP contribution in [0.1, 0.15) is 13.3 Å². The monoisotopic (exact) mass is 195 g/mol. The smallest absolute Gasteiger partial charge is 0.148 e. The molecule has 0 amide bonds. The van der Waals surface area contributed by atoms with Crippen molar-refractivity contribution in [2.45, 2.75) is 24.4 Å². The summed E-state index contributed by atoms with van der Waals surface area (Å²) < 4.78 is 0. The highest BCUT2D eigenvalue weighted by atomic mass is 32.2. The van der Waals surface area contributed by atoms with Gasteiger partial charge >= 0.3 is 0 Å². The summed E-state index contributed by atoms with van der Waals surface area (Å²) in [4.78, 5) is 0. The fourth-order valence-electron chi connectivity index (χ4n) is 1.22. The normalized spacial score (nSPS) is 25.7. The van der Waals surface area contributed by atoms with Crippen molar-refractivity contribution in [2.75, 3.05) is 11.6 Å². The number of hydrogen-bond acceptors (Lipinski definition) is 4. The molecule has 0 aromatic carbocycles. The van der Waals surface area contributed by atoms with Gasteiger partial charge in [-0.1, -0.05) is 6.92 Å². The molecule has 70 valence electrons. The average molecular weight is 195 g/mol. The first kappa shape index (κ1) is 8.81. The van der Waals surface area contributed by atoms with E-state index in [0.29, 0.717) is 6.04 Å². The molecule has 0 radical (unpaired) electrons. The van der Waals surface area contributed by atoms with Crippen molar-refractivity contribution in [1.82, 2.24) is 10.2 Å². The third kappa shape index (κ3) is 2.12. The first-order chi connectivity index (χ1) is 6.29. The van der Waals surface area contributed by atoms with E-state index in [4.69, 9.17) is 0 Å². The summed E-state index contributed by atoms with van der Waals surface area (Å²) >= 11 is 1.61. The average Bonchev–Trinajstić information content (AvgIpc) is 2.83. The number of nitrogens with zero attached hydrogens (tertiary/aromatic N) is 2. The molecular weight excluding hydrogens is 182 g/mol. The molecule has 0 bridgehead atoms. The summed E-state index contributed by atoms with van der Waals surface area (Å²) in [5, 5.41) is 12.4. The predicted octanol–water partition coefficient (Wildman–Crippen LogP) is 2.02. The van der Waals surface area contributed by atoms with Gasteiger partial charge in [0.1, 0.15) is 10.8 Å². The first-order valence-electron chi connectivity index (χ1n) is 4.44. The van der Waals surface area contributed by atoms with Gasteiger partial charge < -0.3 is 5.32 Å². The van der Waals surface area contributed by atoms with E-state index < -0.39 is 0 Å². The molecule has 2 unspecified atom stereocenters. The second kappa shape index (κ2) is 3.54. The van der Waals surface area contributed by atoms with Gasteiger partial charge in [-0.05, 0) is 30.7 Å². The van der Waals surface area contributed by atoms with Crippen LogP contribution in [0.15, 0.2) is 17.2 Å². The van der Waals surface area contributed by atoms with E-state index in [0.717, 1.165) is 16.8 Å². The van der Waals surface area contributed by atoms with Gasteiger partial charge in [0, 0.05) is 6.04 Å². The molecule has 4 heteroatoms. The fourth-order valence-corrected chi connectivity index (χ4v) is 1.55. The molecule has 0 aliphatic heterocycles. The van der Waals surface area contributed by atoms with Gasteiger partial charge in [-0.15, -0.1) is 22.0 Å². The number of rotatable bonds is 3. The van der Waals surface area contributed by atoms with Crippen LogP contribution >= 0.6 is 11.8 Å². The largest absolute Gasteiger partial charge is 0.366 e. The Morgan fingerprint density at radius 1 is 1.46 bits per heavy atom. The Morgan fingerprint density at radius 3 is 2.69 bits per heavy atom. The molecule has 1 aromatic heterocycles. The summed E-state index contributed by atoms with van der Waals surface area (Å²) in [6, 6.07) is 4.60. The zero-order chi connectivity index (χ0) is 9.26. The quantitative estimate of drug-likeness (QED) is 0.749. The van der Waals surface area contributed by atoms with Crippen LogP contribution in [0.5, 0.6) is 0 Å². The molecule has 1 fully saturated rings. The summed E-state index contributed by atoms with van der Waals surface area (Å²) in [7, 11) is 0. The van der Waals surface area contributed by atoms with Gasteiger partial charge in [0.15, 0.2) is 0 Å². The molecule has 0 saturated heterocycles. The SMILES string of the molecule is CSc1ccc(NC2CC2C)nn1. The van der Waals surface area contributed by atoms with Crippen LogP contribution in [0.25, 0.3) is 0 Å². The summed E-state index contributed by atoms with van der Waals surface area (Å²) in [6.45, 7) is 2.24. The van der Waals surface area contributed by atoms with E-state index in [-0.39, 0.29) is 0 Å². The lowest BCUT2D eigenvalue weighted by atomic mass is 10.4. The standard InChI is InChI=1S/C9H13N3S/c1-6-5-7(6)10-8-3-4-9(13-2)12-11-8/h3-4,6-7H,5H2,1-2H3,(H,10,11). The van der Waals surface area contributed by atoms with Crippen molar-refractivity contribution in [3.05, 3.63) is 12.1 Å². The molecular formula is C9H13N3S. The van der Waals surface area contributed by atoms with Gasteiger partial charge in [0.25, 0.3) is 0 Å². The second-order valence-corrected chi connectivity index (χ2v) is 4.25. The van der Waals surface area contributed by atoms with E-state index in [1.54, 1.807) is 11.8 Å². The van der Waals surface area contributed by atoms with Crippen molar-refractivity contribution in [3.63, 3.8) is 0 Å². The lowest BCUT2D eigenvalue weighted by Gasteiger charge is -2.02. The van der Waals surface area contributed by atoms with Crippen molar-refractivity contribution in [3.8, 4) is 0 Å². The van der Waals surface area contributed by atoms with Gasteiger partial charge in [-0.3, -0.25) is 0 Å². The fraction of sp³-hybridized carbons (Fsp3) is 0.556. The minimum Gasteiger partial charge on any atom is -0.366 e. The van der Waals surface area contributed by atoms with Crippen LogP contribution < -0.4 is 5.32 Å². The molecule has 1 heterocycles. The van der Waals surface area contributed by atoms with Crippen LogP contribution in [0.3, 0.4) is 0 Å². The van der Waals surface area contributed by atoms with Crippen LogP contribution in [-0.2, 0) is 0 Å². The Hall–Kier alpha value is -0.770. The van der Waals surface area contributed by atoms with E-state index in [1.807, 2.05) is 18.4 Å². The molecule has 1 aliphatic rings. The number of hydrogen-bond donors (Lipinski definition) is 1. The Bertz CT molecular complexity index is 285. The number of thioether (sulfide) groups is 1. The molecule has 1 saturated carbocycles. The second-order valence-electron chi connectivity index (χ2n) is 3.42. The zero-order valence-electron chi connectivity index (χ0n) is 7.82. The highest BCUT2D eigenvalue weighted by Gasteiger charge is 2.32. The molecule has 3 nitrogen and oxygen atoms in total. The zero-order valence-corrected chi connectivity index (χ0v) is 8.64. The lowest BCUT2D eigenvalue weighted by Crippen LogP contribution is -2.05. The summed E-state index contributed by atoms with van der Waals surface area (Å²) in [5.74, 6) is 1.69. The molecule has 2 atom stereocenters. The van der Waals surface area contributed by atoms with Crippen LogP contribution in [0, 0.1) is 5.92 Å². The number of nitrogens with one attached hydrogen (secondary N) is 1. The van der Waals surface area contributed by atoms with E-state index in [1.165, 1.54) is 6.42 Å². The van der Waals surface area contributed by atoms with Crippen molar-refractivity contribution in [1.29, 1.82) is 0 Å². The Balaban J connectivity index is 1.97. The number of anilines is 1. The van der Waals surface area contributed by atoms with Crippen molar-refractivity contribution in [2.24, 2.45) is 5.92 Å². The van der Waals surface area contributed by atoms with Gasteiger partial charge in [0.2, 0.25) is 0 Å². The van der Waals surface area contributed by atoms with Gasteiger partial charge in [0.05, 0.1) is 0 Å². The minimum atomic E-state index is 0.620. The van der Waals surface area contributed by atoms with Crippen molar-refractivity contribution >= 4 is 17.6 Å². The van der Waals surface area contributed by atoms with Crippen LogP contribution in [0.4, 0.5) is 5.82 Å². The molecule has 1 N–H and O–H groups in total. The molecule has 1 aliphatic carbocycles. The van der Waals surface area contributed by atoms with E-state index in [9.17, 15) is 0 Å². The third-order valence-corrected chi connectivity index (χ3v) is 2.93. The van der Waals surface area contributed by atoms with Crippen LogP contribution in [0.2, 0.25) is 0 Å². The highest BCUT2D eigenvalue weighted by molar-refractivity contribution is 7.98. The van der Waals surface area contributed by atoms with Gasteiger partial charge in [-0.2, -0.15) is 0 Å². The molecule has 2 rings (SSSR count). The Morgan fingerprint density at radius 2 is 2.23 bits per heavy atom. The minimum absolute atomic E-state index is 0.620. The third-order valence-electron chi connectivity index (χ3n) is 2.29. The van der Waals surface area contributed by atoms with Crippen LogP contribution in [-0.4, -0.2) is 22.5 Å². The molecule has 13 heavy (non-hydrogen) atoms. The lowest BCUT2D eigenvalue weighted by molar-refractivity contribution is 0.889. The van der Waals surface area contributed by atoms with E-state index in [2.05, 4.69) is 22.4 Å². The summed E-state index contributed by atoms with van der Waals surface area (Å²) in [5.41, 5.74) is 0. The number of aromatic nitrogens is 2. The summed E-state index contributed by atoms with van der Waals surface area (Å²) in [6.07, 6.45) is 3.26. The Labute approximate surface area is 82.3 Å². The Kier molecular flexibility index (Phi) is 2.40. The maximum absolute atomic E-state index is 4.08.